The Bertz CT molecular complexity index is 1040. The summed E-state index contributed by atoms with van der Waals surface area (Å²) in [6.07, 6.45) is 1.61. The zero-order valence-electron chi connectivity index (χ0n) is 16.9. The number of carbonyl (C=O) groups is 3. The molecule has 2 N–H and O–H groups in total. The molecule has 0 unspecified atom stereocenters. The monoisotopic (exact) mass is 450 g/mol. The lowest BCUT2D eigenvalue weighted by Crippen LogP contribution is -2.30. The van der Waals surface area contributed by atoms with Gasteiger partial charge in [0.05, 0.1) is 12.2 Å². The number of sulfone groups is 1. The van der Waals surface area contributed by atoms with E-state index in [2.05, 4.69) is 10.6 Å². The highest BCUT2D eigenvalue weighted by molar-refractivity contribution is 7.92. The normalized spacial score (nSPS) is 10.9. The maximum atomic E-state index is 12.9. The first-order valence-corrected chi connectivity index (χ1v) is 11.3. The maximum Gasteiger partial charge on any atom is 0.338 e. The third kappa shape index (κ3) is 8.55. The number of amides is 2. The average Bonchev–Trinajstić information content (AvgIpc) is 2.69. The lowest BCUT2D eigenvalue weighted by molar-refractivity contribution is -0.114. The summed E-state index contributed by atoms with van der Waals surface area (Å²) < 4.78 is 42.3. The highest BCUT2D eigenvalue weighted by atomic mass is 32.2. The van der Waals surface area contributed by atoms with Gasteiger partial charge in [0.1, 0.15) is 17.3 Å². The number of hydrogen-bond donors (Lipinski definition) is 2. The van der Waals surface area contributed by atoms with Gasteiger partial charge in [-0.2, -0.15) is 0 Å². The molecule has 0 saturated heterocycles. The van der Waals surface area contributed by atoms with Crippen LogP contribution in [-0.2, 0) is 24.2 Å². The molecule has 2 amide bonds. The maximum absolute atomic E-state index is 12.9. The minimum absolute atomic E-state index is 0.218. The van der Waals surface area contributed by atoms with Crippen molar-refractivity contribution < 1.29 is 31.9 Å². The number of unbranched alkanes of at least 4 members (excludes halogenated alkanes) is 1. The first-order chi connectivity index (χ1) is 14.7. The van der Waals surface area contributed by atoms with Gasteiger partial charge in [0.15, 0.2) is 9.84 Å². The molecule has 0 saturated carbocycles. The standard InChI is InChI=1S/C21H23FN2O6S/c1-2-3-11-30-21(27)15-5-4-6-18(12-15)24-20(26)14-31(28,29)13-19(25)23-17-9-7-16(22)8-10-17/h4-10,12H,2-3,11,13-14H2,1H3,(H,23,25)(H,24,26). The molecule has 0 bridgehead atoms. The van der Waals surface area contributed by atoms with Gasteiger partial charge in [-0.3, -0.25) is 9.59 Å². The fourth-order valence-corrected chi connectivity index (χ4v) is 3.54. The van der Waals surface area contributed by atoms with E-state index in [1.165, 1.54) is 36.4 Å². The fraction of sp³-hybridized carbons (Fsp3) is 0.286. The first-order valence-electron chi connectivity index (χ1n) is 9.51. The largest absolute Gasteiger partial charge is 0.462 e. The molecule has 166 valence electrons. The van der Waals surface area contributed by atoms with Crippen LogP contribution < -0.4 is 10.6 Å². The molecule has 31 heavy (non-hydrogen) atoms. The molecule has 2 rings (SSSR count). The number of anilines is 2. The van der Waals surface area contributed by atoms with E-state index in [0.29, 0.717) is 0 Å². The van der Waals surface area contributed by atoms with E-state index >= 15 is 0 Å². The molecule has 0 heterocycles. The first kappa shape index (κ1) is 24.0. The predicted molar refractivity (Wildman–Crippen MR) is 114 cm³/mol. The lowest BCUT2D eigenvalue weighted by atomic mass is 10.2. The predicted octanol–water partition coefficient (Wildman–Crippen LogP) is 2.77. The molecule has 10 heteroatoms. The van der Waals surface area contributed by atoms with Crippen LogP contribution in [0.15, 0.2) is 48.5 Å². The van der Waals surface area contributed by atoms with Crippen molar-refractivity contribution in [3.8, 4) is 0 Å². The van der Waals surface area contributed by atoms with Crippen LogP contribution in [0.3, 0.4) is 0 Å². The Kier molecular flexibility index (Phi) is 8.68. The molecule has 0 radical (unpaired) electrons. The summed E-state index contributed by atoms with van der Waals surface area (Å²) in [5.41, 5.74) is 0.671. The van der Waals surface area contributed by atoms with Gasteiger partial charge in [0, 0.05) is 11.4 Å². The summed E-state index contributed by atoms with van der Waals surface area (Å²) in [5, 5.41) is 4.71. The number of esters is 1. The quantitative estimate of drug-likeness (QED) is 0.424. The molecule has 0 aliphatic heterocycles. The van der Waals surface area contributed by atoms with E-state index in [1.54, 1.807) is 0 Å². The molecule has 0 atom stereocenters. The van der Waals surface area contributed by atoms with Crippen molar-refractivity contribution in [1.29, 1.82) is 0 Å². The van der Waals surface area contributed by atoms with Crippen LogP contribution in [0.25, 0.3) is 0 Å². The van der Waals surface area contributed by atoms with E-state index < -0.39 is 44.9 Å². The number of benzene rings is 2. The van der Waals surface area contributed by atoms with Crippen molar-refractivity contribution in [3.63, 3.8) is 0 Å². The number of halogens is 1. The van der Waals surface area contributed by atoms with Crippen molar-refractivity contribution in [2.75, 3.05) is 28.7 Å². The van der Waals surface area contributed by atoms with Gasteiger partial charge in [-0.15, -0.1) is 0 Å². The highest BCUT2D eigenvalue weighted by Gasteiger charge is 2.21. The van der Waals surface area contributed by atoms with Gasteiger partial charge in [-0.1, -0.05) is 19.4 Å². The fourth-order valence-electron chi connectivity index (χ4n) is 2.49. The van der Waals surface area contributed by atoms with E-state index in [1.807, 2.05) is 6.92 Å². The van der Waals surface area contributed by atoms with Crippen LogP contribution in [0.2, 0.25) is 0 Å². The number of carbonyl (C=O) groups excluding carboxylic acids is 3. The molecule has 8 nitrogen and oxygen atoms in total. The van der Waals surface area contributed by atoms with Gasteiger partial charge in [0.2, 0.25) is 11.8 Å². The van der Waals surface area contributed by atoms with Crippen molar-refractivity contribution >= 4 is 39.0 Å². The molecular formula is C21H23FN2O6S. The van der Waals surface area contributed by atoms with Crippen LogP contribution >= 0.6 is 0 Å². The van der Waals surface area contributed by atoms with Gasteiger partial charge in [-0.05, 0) is 48.9 Å². The molecule has 2 aromatic rings. The molecule has 2 aromatic carbocycles. The van der Waals surface area contributed by atoms with Gasteiger partial charge < -0.3 is 15.4 Å². The minimum Gasteiger partial charge on any atom is -0.462 e. The highest BCUT2D eigenvalue weighted by Crippen LogP contribution is 2.13. The number of hydrogen-bond acceptors (Lipinski definition) is 6. The second-order valence-corrected chi connectivity index (χ2v) is 8.77. The summed E-state index contributed by atoms with van der Waals surface area (Å²) in [4.78, 5) is 36.0. The van der Waals surface area contributed by atoms with E-state index in [9.17, 15) is 27.2 Å². The Morgan fingerprint density at radius 2 is 1.55 bits per heavy atom. The second kappa shape index (κ2) is 11.2. The minimum atomic E-state index is -4.06. The summed E-state index contributed by atoms with van der Waals surface area (Å²) in [6, 6.07) is 10.7. The molecule has 0 aliphatic carbocycles. The summed E-state index contributed by atoms with van der Waals surface area (Å²) in [5.74, 6) is -4.59. The average molecular weight is 450 g/mol. The Morgan fingerprint density at radius 1 is 0.935 bits per heavy atom. The van der Waals surface area contributed by atoms with Crippen LogP contribution in [0, 0.1) is 5.82 Å². The van der Waals surface area contributed by atoms with Crippen molar-refractivity contribution in [2.24, 2.45) is 0 Å². The van der Waals surface area contributed by atoms with E-state index in [-0.39, 0.29) is 23.5 Å². The SMILES string of the molecule is CCCCOC(=O)c1cccc(NC(=O)CS(=O)(=O)CC(=O)Nc2ccc(F)cc2)c1. The zero-order valence-corrected chi connectivity index (χ0v) is 17.7. The smallest absolute Gasteiger partial charge is 0.338 e. The third-order valence-corrected chi connectivity index (χ3v) is 5.35. The lowest BCUT2D eigenvalue weighted by Gasteiger charge is -2.09. The summed E-state index contributed by atoms with van der Waals surface area (Å²) >= 11 is 0. The zero-order chi connectivity index (χ0) is 22.9. The van der Waals surface area contributed by atoms with E-state index in [4.69, 9.17) is 4.74 Å². The van der Waals surface area contributed by atoms with Gasteiger partial charge in [0.25, 0.3) is 0 Å². The number of ether oxygens (including phenoxy) is 1. The molecule has 0 spiro atoms. The molecule has 0 aliphatic rings. The Hall–Kier alpha value is -3.27. The number of nitrogens with one attached hydrogen (secondary N) is 2. The van der Waals surface area contributed by atoms with E-state index in [0.717, 1.165) is 25.0 Å². The summed E-state index contributed by atoms with van der Waals surface area (Å²) in [7, 11) is -4.06. The third-order valence-electron chi connectivity index (χ3n) is 3.94. The van der Waals surface area contributed by atoms with Crippen LogP contribution in [0.5, 0.6) is 0 Å². The summed E-state index contributed by atoms with van der Waals surface area (Å²) in [6.45, 7) is 2.24. The van der Waals surface area contributed by atoms with Gasteiger partial charge >= 0.3 is 5.97 Å². The van der Waals surface area contributed by atoms with Crippen LogP contribution in [-0.4, -0.2) is 44.3 Å². The molecule has 0 fully saturated rings. The van der Waals surface area contributed by atoms with Gasteiger partial charge in [-0.25, -0.2) is 17.6 Å². The molecule has 0 aromatic heterocycles. The Balaban J connectivity index is 1.90. The topological polar surface area (TPSA) is 119 Å². The van der Waals surface area contributed by atoms with Crippen molar-refractivity contribution in [1.82, 2.24) is 0 Å². The Labute approximate surface area is 179 Å². The van der Waals surface area contributed by atoms with Crippen molar-refractivity contribution in [2.45, 2.75) is 19.8 Å². The Morgan fingerprint density at radius 3 is 2.16 bits per heavy atom. The molecular weight excluding hydrogens is 427 g/mol. The van der Waals surface area contributed by atoms with Crippen molar-refractivity contribution in [3.05, 3.63) is 59.9 Å². The number of rotatable bonds is 10. The van der Waals surface area contributed by atoms with Crippen LogP contribution in [0.4, 0.5) is 15.8 Å². The van der Waals surface area contributed by atoms with Crippen LogP contribution in [0.1, 0.15) is 30.1 Å². The second-order valence-electron chi connectivity index (χ2n) is 6.71.